The Kier molecular flexibility index (Phi) is 1.92. The lowest BCUT2D eigenvalue weighted by Gasteiger charge is -2.11. The van der Waals surface area contributed by atoms with Gasteiger partial charge in [0.25, 0.3) is 0 Å². The minimum atomic E-state index is 1.30. The Morgan fingerprint density at radius 1 is 0.389 bits per heavy atom. The normalized spacial score (nSPS) is 14.9. The van der Waals surface area contributed by atoms with Crippen molar-refractivity contribution >= 4 is 35.1 Å². The summed E-state index contributed by atoms with van der Waals surface area (Å²) in [5, 5.41) is 2.73. The van der Waals surface area contributed by atoms with Crippen LogP contribution in [0.25, 0.3) is 35.1 Å². The third-order valence-electron chi connectivity index (χ3n) is 3.61. The van der Waals surface area contributed by atoms with Crippen molar-refractivity contribution in [1.82, 2.24) is 0 Å². The summed E-state index contributed by atoms with van der Waals surface area (Å²) in [6.45, 7) is 0. The summed E-state index contributed by atoms with van der Waals surface area (Å²) in [7, 11) is 0. The Balaban J connectivity index is 2.29. The van der Waals surface area contributed by atoms with Crippen molar-refractivity contribution < 1.29 is 0 Å². The van der Waals surface area contributed by atoms with Crippen LogP contribution in [0.2, 0.25) is 0 Å². The highest BCUT2D eigenvalue weighted by Gasteiger charge is 2.11. The molecular weight excluding hydrogens is 216 g/mol. The van der Waals surface area contributed by atoms with E-state index >= 15 is 0 Å². The van der Waals surface area contributed by atoms with Crippen LogP contribution >= 0.6 is 0 Å². The first-order chi connectivity index (χ1) is 8.93. The molecule has 84 valence electrons. The van der Waals surface area contributed by atoms with Gasteiger partial charge in [-0.25, -0.2) is 0 Å². The van der Waals surface area contributed by atoms with Gasteiger partial charge in [-0.05, 0) is 33.0 Å². The molecular formula is C18H12. The van der Waals surface area contributed by atoms with E-state index in [1.165, 1.54) is 33.0 Å². The van der Waals surface area contributed by atoms with Crippen LogP contribution in [0.1, 0.15) is 22.3 Å². The lowest BCUT2D eigenvalue weighted by atomic mass is 9.92. The van der Waals surface area contributed by atoms with Crippen LogP contribution in [0, 0.1) is 0 Å². The summed E-state index contributed by atoms with van der Waals surface area (Å²) < 4.78 is 0. The molecule has 0 radical (unpaired) electrons. The Morgan fingerprint density at radius 3 is 0.944 bits per heavy atom. The Morgan fingerprint density at radius 2 is 0.667 bits per heavy atom. The van der Waals surface area contributed by atoms with E-state index < -0.39 is 0 Å². The van der Waals surface area contributed by atoms with Crippen molar-refractivity contribution in [3.8, 4) is 0 Å². The van der Waals surface area contributed by atoms with Crippen molar-refractivity contribution in [2.45, 2.75) is 0 Å². The second-order valence-corrected chi connectivity index (χ2v) is 4.67. The summed E-state index contributed by atoms with van der Waals surface area (Å²) in [4.78, 5) is 0. The monoisotopic (exact) mass is 228 g/mol. The van der Waals surface area contributed by atoms with E-state index in [0.717, 1.165) is 0 Å². The second-order valence-electron chi connectivity index (χ2n) is 4.67. The van der Waals surface area contributed by atoms with Crippen LogP contribution in [0.3, 0.4) is 0 Å². The molecule has 0 atom stereocenters. The molecule has 0 saturated heterocycles. The molecule has 0 N–H and O–H groups in total. The third-order valence-corrected chi connectivity index (χ3v) is 3.61. The third kappa shape index (κ3) is 1.26. The quantitative estimate of drug-likeness (QED) is 0.600. The van der Waals surface area contributed by atoms with Crippen molar-refractivity contribution in [1.29, 1.82) is 0 Å². The predicted octanol–water partition coefficient (Wildman–Crippen LogP) is 4.92. The molecule has 0 amide bonds. The fourth-order valence-corrected chi connectivity index (χ4v) is 2.80. The summed E-state index contributed by atoms with van der Waals surface area (Å²) in [6, 6.07) is 8.85. The van der Waals surface area contributed by atoms with E-state index in [0.29, 0.717) is 0 Å². The van der Waals surface area contributed by atoms with Gasteiger partial charge in [-0.15, -0.1) is 0 Å². The molecule has 0 heterocycles. The lowest BCUT2D eigenvalue weighted by molar-refractivity contribution is 1.65. The van der Waals surface area contributed by atoms with E-state index in [-0.39, 0.29) is 0 Å². The van der Waals surface area contributed by atoms with Crippen LogP contribution in [0.15, 0.2) is 48.6 Å². The number of hydrogen-bond donors (Lipinski definition) is 0. The Labute approximate surface area is 106 Å². The minimum Gasteiger partial charge on any atom is -0.0616 e. The van der Waals surface area contributed by atoms with Gasteiger partial charge in [0.1, 0.15) is 0 Å². The largest absolute Gasteiger partial charge is 0.0616 e. The summed E-state index contributed by atoms with van der Waals surface area (Å²) >= 11 is 0. The van der Waals surface area contributed by atoms with Crippen LogP contribution in [-0.4, -0.2) is 0 Å². The fraction of sp³-hybridized carbons (Fsp3) is 0. The van der Waals surface area contributed by atoms with E-state index in [1.807, 2.05) is 0 Å². The second kappa shape index (κ2) is 3.58. The van der Waals surface area contributed by atoms with Gasteiger partial charge in [0.05, 0.1) is 0 Å². The molecule has 0 spiro atoms. The van der Waals surface area contributed by atoms with Gasteiger partial charge in [-0.2, -0.15) is 0 Å². The lowest BCUT2D eigenvalue weighted by Crippen LogP contribution is -1.89. The highest BCUT2D eigenvalue weighted by molar-refractivity contribution is 6.07. The number of hydrogen-bond acceptors (Lipinski definition) is 0. The maximum atomic E-state index is 2.21. The zero-order valence-electron chi connectivity index (χ0n) is 9.93. The number of rotatable bonds is 0. The minimum absolute atomic E-state index is 1.30. The van der Waals surface area contributed by atoms with E-state index in [9.17, 15) is 0 Å². The average Bonchev–Trinajstić information content (AvgIpc) is 2.72. The number of allylic oxidation sites excluding steroid dienone is 4. The van der Waals surface area contributed by atoms with E-state index in [4.69, 9.17) is 0 Å². The molecule has 0 bridgehead atoms. The standard InChI is InChI=1S/C18H12/c1-2-6-14-11-12-16-8-4-3-7-15-10-9-13(5-1)17(14)18(15)16/h1-12H. The van der Waals surface area contributed by atoms with Gasteiger partial charge in [0.2, 0.25) is 0 Å². The smallest absolute Gasteiger partial charge is 0.00268 e. The molecule has 2 aliphatic carbocycles. The Bertz CT molecular complexity index is 639. The fourth-order valence-electron chi connectivity index (χ4n) is 2.80. The molecule has 0 aromatic heterocycles. The van der Waals surface area contributed by atoms with Crippen LogP contribution < -0.4 is 0 Å². The SMILES string of the molecule is C1=Cc2ccc3c4c(ccc(c24)C=C1)C=CC=C3. The maximum absolute atomic E-state index is 2.21. The van der Waals surface area contributed by atoms with Crippen molar-refractivity contribution in [2.75, 3.05) is 0 Å². The molecule has 0 heteroatoms. The average molecular weight is 228 g/mol. The topological polar surface area (TPSA) is 0 Å². The molecule has 0 aliphatic heterocycles. The first kappa shape index (κ1) is 9.67. The zero-order chi connectivity index (χ0) is 11.9. The van der Waals surface area contributed by atoms with Gasteiger partial charge in [0.15, 0.2) is 0 Å². The van der Waals surface area contributed by atoms with Crippen LogP contribution in [-0.2, 0) is 0 Å². The molecule has 0 fully saturated rings. The maximum Gasteiger partial charge on any atom is -0.00268 e. The molecule has 0 unspecified atom stereocenters. The first-order valence-corrected chi connectivity index (χ1v) is 6.23. The van der Waals surface area contributed by atoms with Gasteiger partial charge in [-0.3, -0.25) is 0 Å². The van der Waals surface area contributed by atoms with E-state index in [1.54, 1.807) is 0 Å². The highest BCUT2D eigenvalue weighted by atomic mass is 14.1. The molecule has 0 nitrogen and oxygen atoms in total. The van der Waals surface area contributed by atoms with Crippen LogP contribution in [0.5, 0.6) is 0 Å². The van der Waals surface area contributed by atoms with Crippen molar-refractivity contribution in [3.05, 3.63) is 70.8 Å². The number of benzene rings is 2. The Hall–Kier alpha value is -2.34. The van der Waals surface area contributed by atoms with Crippen LogP contribution in [0.4, 0.5) is 0 Å². The summed E-state index contributed by atoms with van der Waals surface area (Å²) in [5.41, 5.74) is 5.22. The van der Waals surface area contributed by atoms with Crippen molar-refractivity contribution in [2.24, 2.45) is 0 Å². The van der Waals surface area contributed by atoms with Gasteiger partial charge >= 0.3 is 0 Å². The molecule has 2 aromatic rings. The predicted molar refractivity (Wildman–Crippen MR) is 80.1 cm³/mol. The first-order valence-electron chi connectivity index (χ1n) is 6.23. The van der Waals surface area contributed by atoms with E-state index in [2.05, 4.69) is 72.9 Å². The highest BCUT2D eigenvalue weighted by Crippen LogP contribution is 2.34. The van der Waals surface area contributed by atoms with Gasteiger partial charge in [-0.1, -0.05) is 72.9 Å². The summed E-state index contributed by atoms with van der Waals surface area (Å²) in [6.07, 6.45) is 17.2. The van der Waals surface area contributed by atoms with Gasteiger partial charge < -0.3 is 0 Å². The molecule has 2 aliphatic rings. The summed E-state index contributed by atoms with van der Waals surface area (Å²) in [5.74, 6) is 0. The van der Waals surface area contributed by atoms with Crippen molar-refractivity contribution in [3.63, 3.8) is 0 Å². The molecule has 4 rings (SSSR count). The zero-order valence-corrected chi connectivity index (χ0v) is 9.93. The molecule has 2 aromatic carbocycles. The van der Waals surface area contributed by atoms with Gasteiger partial charge in [0, 0.05) is 0 Å². The molecule has 0 saturated carbocycles. The molecule has 18 heavy (non-hydrogen) atoms.